The Bertz CT molecular complexity index is 151. The van der Waals surface area contributed by atoms with E-state index in [0.717, 1.165) is 5.69 Å². The summed E-state index contributed by atoms with van der Waals surface area (Å²) in [7, 11) is 1.79. The van der Waals surface area contributed by atoms with Crippen molar-refractivity contribution in [2.75, 3.05) is 7.05 Å². The molecule has 1 aromatic rings. The Morgan fingerprint density at radius 1 is 1.10 bits per heavy atom. The van der Waals surface area contributed by atoms with E-state index in [1.165, 1.54) is 0 Å². The number of hydrogen-bond donors (Lipinski definition) is 0. The van der Waals surface area contributed by atoms with Crippen LogP contribution in [0.5, 0.6) is 0 Å². The van der Waals surface area contributed by atoms with Crippen molar-refractivity contribution >= 4 is 5.69 Å². The molecule has 0 bridgehead atoms. The zero-order valence-corrected chi connectivity index (χ0v) is 7.39. The predicted octanol–water partition coefficient (Wildman–Crippen LogP) is 2.77. The number of rotatable bonds is 1. The molecule has 0 amide bonds. The first-order valence-electron chi connectivity index (χ1n) is 2.58. The van der Waals surface area contributed by atoms with Crippen LogP contribution in [-0.2, 0) is 17.1 Å². The van der Waals surface area contributed by atoms with Crippen LogP contribution in [0, 0.1) is 7.43 Å². The Morgan fingerprint density at radius 2 is 1.60 bits per heavy atom. The van der Waals surface area contributed by atoms with Gasteiger partial charge in [-0.1, -0.05) is 30.3 Å². The molecule has 0 aromatic heterocycles. The van der Waals surface area contributed by atoms with E-state index in [4.69, 9.17) is 0 Å². The number of hydrogen-bond acceptors (Lipinski definition) is 0. The van der Waals surface area contributed by atoms with Gasteiger partial charge in [0.25, 0.3) is 0 Å². The quantitative estimate of drug-likeness (QED) is 0.461. The van der Waals surface area contributed by atoms with E-state index in [1.807, 2.05) is 30.3 Å². The zero-order chi connectivity index (χ0) is 5.82. The van der Waals surface area contributed by atoms with Gasteiger partial charge in [0, 0.05) is 0 Å². The maximum absolute atomic E-state index is 3.97. The van der Waals surface area contributed by atoms with Gasteiger partial charge in [-0.05, 0) is 0 Å². The van der Waals surface area contributed by atoms with Crippen LogP contribution < -0.4 is 0 Å². The first-order valence-corrected chi connectivity index (χ1v) is 2.58. The van der Waals surface area contributed by atoms with Crippen LogP contribution in [0.4, 0.5) is 5.69 Å². The Hall–Kier alpha value is -0.461. The van der Waals surface area contributed by atoms with E-state index in [0.29, 0.717) is 0 Å². The van der Waals surface area contributed by atoms with Gasteiger partial charge in [0.2, 0.25) is 0 Å². The zero-order valence-electron chi connectivity index (χ0n) is 6.21. The van der Waals surface area contributed by atoms with Gasteiger partial charge in [0.1, 0.15) is 0 Å². The van der Waals surface area contributed by atoms with Crippen molar-refractivity contribution in [1.29, 1.82) is 0 Å². The topological polar surface area (TPSA) is 14.1 Å². The van der Waals surface area contributed by atoms with Crippen molar-refractivity contribution in [3.8, 4) is 0 Å². The maximum atomic E-state index is 3.97. The van der Waals surface area contributed by atoms with Crippen molar-refractivity contribution < 1.29 is 17.1 Å². The first-order chi connectivity index (χ1) is 3.93. The number of benzene rings is 1. The van der Waals surface area contributed by atoms with E-state index in [2.05, 4.69) is 5.32 Å². The average molecular weight is 176 g/mol. The van der Waals surface area contributed by atoms with Gasteiger partial charge in [-0.3, -0.25) is 0 Å². The smallest absolute Gasteiger partial charge is 0.687 e. The summed E-state index contributed by atoms with van der Waals surface area (Å²) in [6.07, 6.45) is 0. The third-order valence-electron chi connectivity index (χ3n) is 1.01. The van der Waals surface area contributed by atoms with Crippen LogP contribution in [0.2, 0.25) is 0 Å². The minimum absolute atomic E-state index is 0. The van der Waals surface area contributed by atoms with Crippen molar-refractivity contribution in [2.45, 2.75) is 0 Å². The molecule has 0 aliphatic carbocycles. The van der Waals surface area contributed by atoms with Gasteiger partial charge in [0.15, 0.2) is 0 Å². The second-order valence-electron chi connectivity index (χ2n) is 1.56. The molecule has 0 unspecified atom stereocenters. The van der Waals surface area contributed by atoms with E-state index < -0.39 is 0 Å². The van der Waals surface area contributed by atoms with E-state index in [1.54, 1.807) is 7.05 Å². The summed E-state index contributed by atoms with van der Waals surface area (Å²) in [5.74, 6) is 0. The molecule has 10 heavy (non-hydrogen) atoms. The van der Waals surface area contributed by atoms with Gasteiger partial charge < -0.3 is 12.7 Å². The summed E-state index contributed by atoms with van der Waals surface area (Å²) in [5.41, 5.74) is 1.03. The Balaban J connectivity index is 0. The molecule has 0 spiro atoms. The third-order valence-corrected chi connectivity index (χ3v) is 1.01. The van der Waals surface area contributed by atoms with Crippen molar-refractivity contribution in [2.24, 2.45) is 0 Å². The summed E-state index contributed by atoms with van der Waals surface area (Å²) in [4.78, 5) is 0. The largest absolute Gasteiger partial charge is 2.00 e. The number of nitrogens with zero attached hydrogens (tertiary/aromatic N) is 1. The molecule has 0 aliphatic heterocycles. The van der Waals surface area contributed by atoms with Gasteiger partial charge >= 0.3 is 17.1 Å². The average Bonchev–Trinajstić information content (AvgIpc) is 1.90. The van der Waals surface area contributed by atoms with Gasteiger partial charge in [-0.15, -0.1) is 12.7 Å². The Morgan fingerprint density at radius 3 is 1.90 bits per heavy atom. The monoisotopic (exact) mass is 176 g/mol. The molecule has 0 saturated carbocycles. The number of para-hydroxylation sites is 1. The Kier molecular flexibility index (Phi) is 8.15. The molecule has 0 heterocycles. The minimum Gasteiger partial charge on any atom is -0.687 e. The van der Waals surface area contributed by atoms with Crippen molar-refractivity contribution in [1.82, 2.24) is 0 Å². The van der Waals surface area contributed by atoms with Crippen molar-refractivity contribution in [3.63, 3.8) is 0 Å². The fourth-order valence-corrected chi connectivity index (χ4v) is 0.577. The fourth-order valence-electron chi connectivity index (χ4n) is 0.577. The second-order valence-corrected chi connectivity index (χ2v) is 1.56. The van der Waals surface area contributed by atoms with Gasteiger partial charge in [-0.2, -0.15) is 0 Å². The summed E-state index contributed by atoms with van der Waals surface area (Å²) in [5, 5.41) is 3.97. The molecule has 1 radical (unpaired) electrons. The fraction of sp³-hybridized carbons (Fsp3) is 0.125. The van der Waals surface area contributed by atoms with Crippen LogP contribution in [-0.4, -0.2) is 7.05 Å². The molecule has 0 atom stereocenters. The van der Waals surface area contributed by atoms with E-state index >= 15 is 0 Å². The van der Waals surface area contributed by atoms with Crippen LogP contribution in [0.15, 0.2) is 30.3 Å². The Labute approximate surface area is 73.3 Å². The summed E-state index contributed by atoms with van der Waals surface area (Å²) in [6, 6.07) is 9.87. The first kappa shape index (κ1) is 12.2. The summed E-state index contributed by atoms with van der Waals surface area (Å²) in [6.45, 7) is 0. The summed E-state index contributed by atoms with van der Waals surface area (Å²) >= 11 is 0. The molecule has 0 N–H and O–H groups in total. The van der Waals surface area contributed by atoms with Gasteiger partial charge in [0.05, 0.1) is 0 Å². The van der Waals surface area contributed by atoms with Gasteiger partial charge in [-0.25, -0.2) is 0 Å². The predicted molar refractivity (Wildman–Crippen MR) is 41.8 cm³/mol. The maximum Gasteiger partial charge on any atom is 2.00 e. The molecule has 1 nitrogen and oxygen atoms in total. The molecule has 0 fully saturated rings. The SMILES string of the molecule is C[N-]c1ccccc1.[CH3-].[Mn+2]. The molecule has 2 heteroatoms. The van der Waals surface area contributed by atoms with E-state index in [9.17, 15) is 0 Å². The van der Waals surface area contributed by atoms with E-state index in [-0.39, 0.29) is 24.5 Å². The molecule has 1 aromatic carbocycles. The minimum atomic E-state index is 0. The second kappa shape index (κ2) is 6.66. The molecular weight excluding hydrogens is 165 g/mol. The molecule has 55 valence electrons. The summed E-state index contributed by atoms with van der Waals surface area (Å²) < 4.78 is 0. The third kappa shape index (κ3) is 3.54. The van der Waals surface area contributed by atoms with Crippen LogP contribution in [0.3, 0.4) is 0 Å². The normalized spacial score (nSPS) is 6.90. The van der Waals surface area contributed by atoms with Crippen LogP contribution >= 0.6 is 0 Å². The van der Waals surface area contributed by atoms with Crippen LogP contribution in [0.25, 0.3) is 5.32 Å². The molecule has 0 saturated heterocycles. The standard InChI is InChI=1S/C7H8N.CH3.Mn/c1-8-7-5-3-2-4-6-7;;/h2-6H,1H3;1H3;/q2*-1;+2. The van der Waals surface area contributed by atoms with Crippen molar-refractivity contribution in [3.05, 3.63) is 43.1 Å². The molecular formula is C8H11MnN. The van der Waals surface area contributed by atoms with Crippen LogP contribution in [0.1, 0.15) is 0 Å². The molecule has 1 rings (SSSR count). The molecule has 0 aliphatic rings.